The number of nitrogens with one attached hydrogen (secondary N) is 3. The normalized spacial score (nSPS) is 20.3. The molecule has 2 unspecified atom stereocenters. The first kappa shape index (κ1) is 31.1. The molecule has 0 bridgehead atoms. The molecule has 0 saturated carbocycles. The fourth-order valence-corrected chi connectivity index (χ4v) is 7.43. The van der Waals surface area contributed by atoms with Crippen molar-refractivity contribution in [3.05, 3.63) is 20.8 Å². The standard InChI is InChI=1S/C24H37N7O8S2/c1-29-19-20(28-23(29)41(3,36)37)31(24(35)30(2)21(19)33)9-11-39-13-12-38-10-8-25-17(32)7-5-4-6-16-18-15(14-40-16)26-22(34)27-18/h15-16,18H,4-14H2,1-3H3,(H,25,32)(H2,26,27,34)/t15?,16-,18?/m0/s1. The van der Waals surface area contributed by atoms with E-state index in [1.54, 1.807) is 0 Å². The van der Waals surface area contributed by atoms with Crippen LogP contribution in [0.25, 0.3) is 11.2 Å². The summed E-state index contributed by atoms with van der Waals surface area (Å²) in [4.78, 5) is 52.8. The smallest absolute Gasteiger partial charge is 0.332 e. The molecule has 0 aromatic carbocycles. The highest BCUT2D eigenvalue weighted by Crippen LogP contribution is 2.33. The summed E-state index contributed by atoms with van der Waals surface area (Å²) < 4.78 is 38.4. The van der Waals surface area contributed by atoms with Crippen molar-refractivity contribution in [2.45, 2.75) is 54.7 Å². The third-order valence-corrected chi connectivity index (χ3v) is 9.67. The number of hydrogen-bond acceptors (Lipinski definition) is 10. The number of sulfone groups is 1. The highest BCUT2D eigenvalue weighted by atomic mass is 32.2. The predicted molar refractivity (Wildman–Crippen MR) is 152 cm³/mol. The molecule has 2 fully saturated rings. The molecule has 41 heavy (non-hydrogen) atoms. The lowest BCUT2D eigenvalue weighted by molar-refractivity contribution is -0.121. The molecule has 17 heteroatoms. The molecule has 2 saturated heterocycles. The number of carbonyl (C=O) groups is 2. The summed E-state index contributed by atoms with van der Waals surface area (Å²) >= 11 is 1.87. The average Bonchev–Trinajstić information content (AvgIpc) is 3.58. The molecule has 3 N–H and O–H groups in total. The molecule has 2 aliphatic heterocycles. The summed E-state index contributed by atoms with van der Waals surface area (Å²) in [5.41, 5.74) is -1.25. The second-order valence-electron chi connectivity index (χ2n) is 10.1. The number of amides is 3. The first-order valence-electron chi connectivity index (χ1n) is 13.5. The molecule has 228 valence electrons. The van der Waals surface area contributed by atoms with Crippen LogP contribution in [0.15, 0.2) is 14.7 Å². The van der Waals surface area contributed by atoms with Crippen LogP contribution in [-0.4, -0.2) is 101 Å². The van der Waals surface area contributed by atoms with Gasteiger partial charge in [0.05, 0.1) is 45.1 Å². The molecular weight excluding hydrogens is 578 g/mol. The van der Waals surface area contributed by atoms with Gasteiger partial charge in [-0.25, -0.2) is 18.0 Å². The van der Waals surface area contributed by atoms with Gasteiger partial charge in [-0.2, -0.15) is 16.7 Å². The van der Waals surface area contributed by atoms with Crippen molar-refractivity contribution >= 4 is 44.7 Å². The van der Waals surface area contributed by atoms with E-state index in [1.807, 2.05) is 11.8 Å². The molecule has 2 aromatic rings. The summed E-state index contributed by atoms with van der Waals surface area (Å²) in [7, 11) is -0.978. The van der Waals surface area contributed by atoms with Gasteiger partial charge in [0, 0.05) is 44.3 Å². The van der Waals surface area contributed by atoms with Crippen LogP contribution in [0, 0.1) is 0 Å². The van der Waals surface area contributed by atoms with Crippen LogP contribution in [0.3, 0.4) is 0 Å². The number of carbonyl (C=O) groups excluding carboxylic acids is 2. The fraction of sp³-hybridized carbons (Fsp3) is 0.708. The summed E-state index contributed by atoms with van der Waals surface area (Å²) in [6, 6.07) is 0.312. The number of unbranched alkanes of at least 4 members (excludes halogenated alkanes) is 1. The van der Waals surface area contributed by atoms with E-state index in [9.17, 15) is 27.6 Å². The van der Waals surface area contributed by atoms with Gasteiger partial charge in [0.1, 0.15) is 0 Å². The van der Waals surface area contributed by atoms with Gasteiger partial charge in [-0.3, -0.25) is 18.7 Å². The van der Waals surface area contributed by atoms with Gasteiger partial charge in [0.2, 0.25) is 20.9 Å². The Morgan fingerprint density at radius 2 is 1.80 bits per heavy atom. The topological polar surface area (TPSA) is 185 Å². The van der Waals surface area contributed by atoms with Gasteiger partial charge in [-0.15, -0.1) is 0 Å². The maximum atomic E-state index is 12.7. The van der Waals surface area contributed by atoms with Crippen LogP contribution < -0.4 is 27.2 Å². The zero-order valence-electron chi connectivity index (χ0n) is 23.4. The Bertz CT molecular complexity index is 1500. The van der Waals surface area contributed by atoms with Gasteiger partial charge in [0.15, 0.2) is 11.2 Å². The molecule has 0 radical (unpaired) electrons. The molecule has 3 amide bonds. The third-order valence-electron chi connectivity index (χ3n) is 7.13. The number of hydrogen-bond donors (Lipinski definition) is 3. The summed E-state index contributed by atoms with van der Waals surface area (Å²) in [6.45, 7) is 1.40. The van der Waals surface area contributed by atoms with Crippen molar-refractivity contribution in [3.8, 4) is 0 Å². The lowest BCUT2D eigenvalue weighted by atomic mass is 10.0. The second kappa shape index (κ2) is 13.4. The van der Waals surface area contributed by atoms with Gasteiger partial charge < -0.3 is 30.0 Å². The SMILES string of the molecule is Cn1c(=O)c2c(nc(S(C)(=O)=O)n2C)n(CCOCCOCCNC(=O)CCCC[C@@H]2SCC3NC(=O)NC32)c1=O. The molecule has 4 rings (SSSR count). The van der Waals surface area contributed by atoms with Crippen molar-refractivity contribution in [3.63, 3.8) is 0 Å². The molecule has 2 aromatic heterocycles. The Morgan fingerprint density at radius 3 is 2.54 bits per heavy atom. The predicted octanol–water partition coefficient (Wildman–Crippen LogP) is -1.29. The molecule has 0 spiro atoms. The lowest BCUT2D eigenvalue weighted by Crippen LogP contribution is -2.39. The zero-order valence-corrected chi connectivity index (χ0v) is 25.0. The lowest BCUT2D eigenvalue weighted by Gasteiger charge is -2.16. The van der Waals surface area contributed by atoms with E-state index < -0.39 is 21.1 Å². The first-order valence-corrected chi connectivity index (χ1v) is 16.4. The van der Waals surface area contributed by atoms with Gasteiger partial charge in [-0.05, 0) is 12.8 Å². The highest BCUT2D eigenvalue weighted by molar-refractivity contribution is 8.00. The monoisotopic (exact) mass is 615 g/mol. The van der Waals surface area contributed by atoms with E-state index in [0.717, 1.165) is 35.8 Å². The average molecular weight is 616 g/mol. The second-order valence-corrected chi connectivity index (χ2v) is 13.3. The number of nitrogens with zero attached hydrogens (tertiary/aromatic N) is 4. The highest BCUT2D eigenvalue weighted by Gasteiger charge is 2.42. The van der Waals surface area contributed by atoms with Crippen LogP contribution in [0.1, 0.15) is 25.7 Å². The Labute approximate surface area is 241 Å². The molecule has 2 aliphatic rings. The van der Waals surface area contributed by atoms with Crippen LogP contribution in [0.2, 0.25) is 0 Å². The van der Waals surface area contributed by atoms with Crippen molar-refractivity contribution in [1.29, 1.82) is 0 Å². The van der Waals surface area contributed by atoms with Gasteiger partial charge >= 0.3 is 11.7 Å². The van der Waals surface area contributed by atoms with Crippen molar-refractivity contribution in [1.82, 2.24) is 34.6 Å². The maximum Gasteiger partial charge on any atom is 0.332 e. The summed E-state index contributed by atoms with van der Waals surface area (Å²) in [6.07, 6.45) is 4.11. The van der Waals surface area contributed by atoms with Crippen molar-refractivity contribution < 1.29 is 27.5 Å². The van der Waals surface area contributed by atoms with Gasteiger partial charge in [0.25, 0.3) is 5.56 Å². The number of thioether (sulfide) groups is 1. The van der Waals surface area contributed by atoms with Crippen LogP contribution in [-0.2, 0) is 44.7 Å². The summed E-state index contributed by atoms with van der Waals surface area (Å²) in [5, 5.41) is 8.83. The Kier molecular flexibility index (Phi) is 10.1. The molecular formula is C24H37N7O8S2. The number of imidazole rings is 1. The molecule has 3 atom stereocenters. The minimum Gasteiger partial charge on any atom is -0.377 e. The van der Waals surface area contributed by atoms with Crippen molar-refractivity contribution in [2.75, 3.05) is 45.0 Å². The third kappa shape index (κ3) is 7.31. The Hall–Kier alpha value is -2.89. The van der Waals surface area contributed by atoms with Crippen molar-refractivity contribution in [2.24, 2.45) is 14.1 Å². The minimum absolute atomic E-state index is 0.0118. The number of aromatic nitrogens is 4. The van der Waals surface area contributed by atoms with Crippen LogP contribution in [0.4, 0.5) is 4.79 Å². The van der Waals surface area contributed by atoms with E-state index >= 15 is 0 Å². The van der Waals surface area contributed by atoms with E-state index in [-0.39, 0.29) is 66.7 Å². The first-order chi connectivity index (χ1) is 19.5. The summed E-state index contributed by atoms with van der Waals surface area (Å²) in [5.74, 6) is 0.901. The number of rotatable bonds is 15. The van der Waals surface area contributed by atoms with Gasteiger partial charge in [-0.1, -0.05) is 6.42 Å². The van der Waals surface area contributed by atoms with E-state index in [2.05, 4.69) is 20.9 Å². The van der Waals surface area contributed by atoms with Crippen LogP contribution in [0.5, 0.6) is 0 Å². The van der Waals surface area contributed by atoms with E-state index in [1.165, 1.54) is 23.2 Å². The molecule has 4 heterocycles. The molecule has 15 nitrogen and oxygen atoms in total. The number of fused-ring (bicyclic) bond motifs is 2. The van der Waals surface area contributed by atoms with Crippen LogP contribution >= 0.6 is 11.8 Å². The Balaban J connectivity index is 1.09. The minimum atomic E-state index is -3.71. The number of ether oxygens (including phenoxy) is 2. The quantitative estimate of drug-likeness (QED) is 0.161. The zero-order chi connectivity index (χ0) is 29.7. The van der Waals surface area contributed by atoms with E-state index in [4.69, 9.17) is 9.47 Å². The number of aryl methyl sites for hydroxylation is 1. The Morgan fingerprint density at radius 1 is 1.07 bits per heavy atom. The fourth-order valence-electron chi connectivity index (χ4n) is 5.04. The van der Waals surface area contributed by atoms with E-state index in [0.29, 0.717) is 24.8 Å². The molecule has 0 aliphatic carbocycles. The maximum absolute atomic E-state index is 12.7. The number of urea groups is 1. The largest absolute Gasteiger partial charge is 0.377 e.